The summed E-state index contributed by atoms with van der Waals surface area (Å²) in [6.07, 6.45) is 0. The highest BCUT2D eigenvalue weighted by atomic mass is 35.5. The second-order valence-corrected chi connectivity index (χ2v) is 5.54. The molecule has 126 valence electrons. The van der Waals surface area contributed by atoms with E-state index in [1.165, 1.54) is 19.2 Å². The predicted octanol–water partition coefficient (Wildman–Crippen LogP) is 4.43. The summed E-state index contributed by atoms with van der Waals surface area (Å²) in [5.74, 6) is -0.483. The van der Waals surface area contributed by atoms with Crippen molar-refractivity contribution >= 4 is 40.8 Å². The van der Waals surface area contributed by atoms with Crippen molar-refractivity contribution in [2.24, 2.45) is 0 Å². The van der Waals surface area contributed by atoms with Gasteiger partial charge in [-0.2, -0.15) is 0 Å². The molecule has 0 unspecified atom stereocenters. The van der Waals surface area contributed by atoms with Gasteiger partial charge in [0.15, 0.2) is 5.75 Å². The highest BCUT2D eigenvalue weighted by molar-refractivity contribution is 6.37. The van der Waals surface area contributed by atoms with Crippen LogP contribution in [0.25, 0.3) is 0 Å². The molecule has 5 nitrogen and oxygen atoms in total. The Bertz CT molecular complexity index is 737. The first-order valence-corrected chi connectivity index (χ1v) is 7.83. The van der Waals surface area contributed by atoms with Gasteiger partial charge in [-0.1, -0.05) is 23.2 Å². The third-order valence-corrected chi connectivity index (χ3v) is 3.68. The predicted molar refractivity (Wildman–Crippen MR) is 93.4 cm³/mol. The summed E-state index contributed by atoms with van der Waals surface area (Å²) < 4.78 is 9.94. The van der Waals surface area contributed by atoms with Gasteiger partial charge < -0.3 is 14.8 Å². The minimum absolute atomic E-state index is 0.243. The summed E-state index contributed by atoms with van der Waals surface area (Å²) in [6, 6.07) is 9.29. The molecule has 0 bridgehead atoms. The molecule has 0 aliphatic rings. The largest absolute Gasteiger partial charge is 0.494 e. The molecule has 0 spiro atoms. The van der Waals surface area contributed by atoms with Gasteiger partial charge in [0.25, 0.3) is 5.91 Å². The number of hydrogen-bond donors (Lipinski definition) is 1. The molecular formula is C17H15Cl2NO4. The average Bonchev–Trinajstić information content (AvgIpc) is 2.55. The molecular weight excluding hydrogens is 353 g/mol. The summed E-state index contributed by atoms with van der Waals surface area (Å²) in [4.78, 5) is 23.9. The summed E-state index contributed by atoms with van der Waals surface area (Å²) in [5.41, 5.74) is 1.22. The number of benzene rings is 2. The van der Waals surface area contributed by atoms with E-state index >= 15 is 0 Å². The maximum absolute atomic E-state index is 12.3. The Labute approximate surface area is 149 Å². The van der Waals surface area contributed by atoms with E-state index in [-0.39, 0.29) is 16.0 Å². The van der Waals surface area contributed by atoms with Crippen molar-refractivity contribution in [3.05, 3.63) is 57.6 Å². The number of anilines is 1. The van der Waals surface area contributed by atoms with Crippen LogP contribution in [0.3, 0.4) is 0 Å². The summed E-state index contributed by atoms with van der Waals surface area (Å²) in [6.45, 7) is 2.04. The van der Waals surface area contributed by atoms with E-state index in [1.54, 1.807) is 31.2 Å². The monoisotopic (exact) mass is 367 g/mol. The molecule has 24 heavy (non-hydrogen) atoms. The third-order valence-electron chi connectivity index (χ3n) is 3.12. The SMILES string of the molecule is CCOC(=O)c1ccc(NC(=O)c2cc(Cl)c(OC)c(Cl)c2)cc1. The van der Waals surface area contributed by atoms with Crippen LogP contribution < -0.4 is 10.1 Å². The smallest absolute Gasteiger partial charge is 0.338 e. The summed E-state index contributed by atoms with van der Waals surface area (Å²) in [5, 5.41) is 3.19. The number of carbonyl (C=O) groups excluding carboxylic acids is 2. The molecule has 0 saturated carbocycles. The van der Waals surface area contributed by atoms with Crippen molar-refractivity contribution in [1.82, 2.24) is 0 Å². The zero-order valence-electron chi connectivity index (χ0n) is 13.1. The van der Waals surface area contributed by atoms with Crippen LogP contribution in [0.1, 0.15) is 27.6 Å². The molecule has 0 atom stereocenters. The molecule has 7 heteroatoms. The minimum Gasteiger partial charge on any atom is -0.494 e. The van der Waals surface area contributed by atoms with Gasteiger partial charge in [-0.15, -0.1) is 0 Å². The maximum Gasteiger partial charge on any atom is 0.338 e. The highest BCUT2D eigenvalue weighted by Gasteiger charge is 2.14. The molecule has 0 radical (unpaired) electrons. The van der Waals surface area contributed by atoms with Gasteiger partial charge in [0.1, 0.15) is 0 Å². The van der Waals surface area contributed by atoms with Crippen LogP contribution in [0.15, 0.2) is 36.4 Å². The minimum atomic E-state index is -0.413. The average molecular weight is 368 g/mol. The fourth-order valence-corrected chi connectivity index (χ4v) is 2.63. The third kappa shape index (κ3) is 4.19. The lowest BCUT2D eigenvalue weighted by atomic mass is 10.1. The second-order valence-electron chi connectivity index (χ2n) is 4.73. The number of rotatable bonds is 5. The lowest BCUT2D eigenvalue weighted by Gasteiger charge is -2.10. The maximum atomic E-state index is 12.3. The Morgan fingerprint density at radius 2 is 1.62 bits per heavy atom. The van der Waals surface area contributed by atoms with Crippen molar-refractivity contribution in [3.63, 3.8) is 0 Å². The van der Waals surface area contributed by atoms with E-state index in [2.05, 4.69) is 5.32 Å². The Morgan fingerprint density at radius 1 is 1.04 bits per heavy atom. The Hall–Kier alpha value is -2.24. The van der Waals surface area contributed by atoms with E-state index in [1.807, 2.05) is 0 Å². The van der Waals surface area contributed by atoms with Crippen LogP contribution in [0.4, 0.5) is 5.69 Å². The number of ether oxygens (including phenoxy) is 2. The van der Waals surface area contributed by atoms with E-state index < -0.39 is 5.97 Å². The van der Waals surface area contributed by atoms with Gasteiger partial charge in [0.2, 0.25) is 0 Å². The standard InChI is InChI=1S/C17H15Cl2NO4/c1-3-24-17(22)10-4-6-12(7-5-10)20-16(21)11-8-13(18)15(23-2)14(19)9-11/h4-9H,3H2,1-2H3,(H,20,21). The van der Waals surface area contributed by atoms with Crippen molar-refractivity contribution in [2.75, 3.05) is 19.0 Å². The Kier molecular flexibility index (Phi) is 6.06. The number of halogens is 2. The fraction of sp³-hybridized carbons (Fsp3) is 0.176. The lowest BCUT2D eigenvalue weighted by Crippen LogP contribution is -2.12. The molecule has 2 aromatic carbocycles. The highest BCUT2D eigenvalue weighted by Crippen LogP contribution is 2.34. The zero-order valence-corrected chi connectivity index (χ0v) is 14.6. The molecule has 1 amide bonds. The fourth-order valence-electron chi connectivity index (χ4n) is 1.99. The first-order chi connectivity index (χ1) is 11.5. The number of carbonyl (C=O) groups is 2. The zero-order chi connectivity index (χ0) is 17.7. The Morgan fingerprint density at radius 3 is 2.12 bits per heavy atom. The van der Waals surface area contributed by atoms with Crippen LogP contribution in [0, 0.1) is 0 Å². The van der Waals surface area contributed by atoms with Crippen molar-refractivity contribution in [1.29, 1.82) is 0 Å². The van der Waals surface area contributed by atoms with Gasteiger partial charge in [-0.05, 0) is 43.3 Å². The van der Waals surface area contributed by atoms with Crippen molar-refractivity contribution in [2.45, 2.75) is 6.92 Å². The van der Waals surface area contributed by atoms with Crippen LogP contribution in [-0.2, 0) is 4.74 Å². The molecule has 0 aliphatic heterocycles. The number of hydrogen-bond acceptors (Lipinski definition) is 4. The topological polar surface area (TPSA) is 64.6 Å². The molecule has 0 heterocycles. The van der Waals surface area contributed by atoms with Crippen LogP contribution >= 0.6 is 23.2 Å². The first kappa shape index (κ1) is 18.1. The number of amides is 1. The van der Waals surface area contributed by atoms with Crippen LogP contribution in [0.5, 0.6) is 5.75 Å². The Balaban J connectivity index is 2.14. The molecule has 2 rings (SSSR count). The summed E-state index contributed by atoms with van der Waals surface area (Å²) >= 11 is 12.1. The lowest BCUT2D eigenvalue weighted by molar-refractivity contribution is 0.0526. The number of esters is 1. The molecule has 0 aliphatic carbocycles. The van der Waals surface area contributed by atoms with Crippen LogP contribution in [-0.4, -0.2) is 25.6 Å². The van der Waals surface area contributed by atoms with E-state index in [0.29, 0.717) is 29.2 Å². The normalized spacial score (nSPS) is 10.2. The molecule has 0 fully saturated rings. The quantitative estimate of drug-likeness (QED) is 0.793. The first-order valence-electron chi connectivity index (χ1n) is 7.07. The van der Waals surface area contributed by atoms with E-state index in [9.17, 15) is 9.59 Å². The van der Waals surface area contributed by atoms with E-state index in [0.717, 1.165) is 0 Å². The van der Waals surface area contributed by atoms with Gasteiger partial charge in [0, 0.05) is 11.3 Å². The number of methoxy groups -OCH3 is 1. The van der Waals surface area contributed by atoms with Crippen molar-refractivity contribution < 1.29 is 19.1 Å². The van der Waals surface area contributed by atoms with Gasteiger partial charge in [0.05, 0.1) is 29.3 Å². The van der Waals surface area contributed by atoms with Gasteiger partial charge in [-0.3, -0.25) is 4.79 Å². The molecule has 2 aromatic rings. The molecule has 0 aromatic heterocycles. The number of nitrogens with one attached hydrogen (secondary N) is 1. The van der Waals surface area contributed by atoms with Gasteiger partial charge in [-0.25, -0.2) is 4.79 Å². The summed E-state index contributed by atoms with van der Waals surface area (Å²) in [7, 11) is 1.44. The second kappa shape index (κ2) is 8.04. The van der Waals surface area contributed by atoms with Gasteiger partial charge >= 0.3 is 5.97 Å². The molecule has 1 N–H and O–H groups in total. The van der Waals surface area contributed by atoms with E-state index in [4.69, 9.17) is 32.7 Å². The molecule has 0 saturated heterocycles. The van der Waals surface area contributed by atoms with Crippen LogP contribution in [0.2, 0.25) is 10.0 Å². The van der Waals surface area contributed by atoms with Crippen molar-refractivity contribution in [3.8, 4) is 5.75 Å².